The summed E-state index contributed by atoms with van der Waals surface area (Å²) < 4.78 is 2.12. The number of aliphatic hydroxyl groups excluding tert-OH is 1. The second-order valence-corrected chi connectivity index (χ2v) is 6.86. The summed E-state index contributed by atoms with van der Waals surface area (Å²) in [5.74, 6) is 0.627. The summed E-state index contributed by atoms with van der Waals surface area (Å²) in [5, 5.41) is 13.9. The van der Waals surface area contributed by atoms with Crippen molar-refractivity contribution in [1.82, 2.24) is 14.7 Å². The summed E-state index contributed by atoms with van der Waals surface area (Å²) in [6.07, 6.45) is 2.04. The fraction of sp³-hybridized carbons (Fsp3) is 0.533. The van der Waals surface area contributed by atoms with Crippen LogP contribution in [-0.2, 0) is 6.54 Å². The number of pyridine rings is 1. The SMILES string of the molecule is CC(C)CNCc1c(SC(C)CO)nc2ccccn12. The van der Waals surface area contributed by atoms with Crippen LogP contribution in [-0.4, -0.2) is 32.9 Å². The Kier molecular flexibility index (Phi) is 5.46. The van der Waals surface area contributed by atoms with Crippen LogP contribution in [0.1, 0.15) is 26.5 Å². The molecule has 0 saturated carbocycles. The number of aliphatic hydroxyl groups is 1. The highest BCUT2D eigenvalue weighted by molar-refractivity contribution is 7.99. The number of hydrogen-bond acceptors (Lipinski definition) is 4. The fourth-order valence-electron chi connectivity index (χ4n) is 1.99. The molecule has 0 saturated heterocycles. The summed E-state index contributed by atoms with van der Waals surface area (Å²) in [4.78, 5) is 4.67. The number of hydrogen-bond donors (Lipinski definition) is 2. The number of nitrogens with zero attached hydrogens (tertiary/aromatic N) is 2. The zero-order valence-corrected chi connectivity index (χ0v) is 13.2. The smallest absolute Gasteiger partial charge is 0.138 e. The molecule has 5 heteroatoms. The molecule has 2 heterocycles. The van der Waals surface area contributed by atoms with Gasteiger partial charge in [-0.2, -0.15) is 0 Å². The quantitative estimate of drug-likeness (QED) is 0.770. The molecule has 0 aromatic carbocycles. The van der Waals surface area contributed by atoms with E-state index in [1.165, 1.54) is 5.69 Å². The Bertz CT molecular complexity index is 553. The van der Waals surface area contributed by atoms with Gasteiger partial charge < -0.3 is 14.8 Å². The molecule has 2 aromatic rings. The van der Waals surface area contributed by atoms with Gasteiger partial charge >= 0.3 is 0 Å². The average molecular weight is 293 g/mol. The van der Waals surface area contributed by atoms with Gasteiger partial charge in [0.2, 0.25) is 0 Å². The van der Waals surface area contributed by atoms with E-state index in [2.05, 4.69) is 28.5 Å². The molecule has 0 bridgehead atoms. The third-order valence-corrected chi connectivity index (χ3v) is 4.11. The summed E-state index contributed by atoms with van der Waals surface area (Å²) in [6, 6.07) is 6.03. The lowest BCUT2D eigenvalue weighted by atomic mass is 10.2. The van der Waals surface area contributed by atoms with Crippen molar-refractivity contribution >= 4 is 17.4 Å². The van der Waals surface area contributed by atoms with Crippen molar-refractivity contribution in [3.8, 4) is 0 Å². The molecule has 2 rings (SSSR count). The Balaban J connectivity index is 2.24. The van der Waals surface area contributed by atoms with E-state index in [0.717, 1.165) is 23.8 Å². The highest BCUT2D eigenvalue weighted by Crippen LogP contribution is 2.27. The van der Waals surface area contributed by atoms with Crippen LogP contribution >= 0.6 is 11.8 Å². The molecule has 20 heavy (non-hydrogen) atoms. The zero-order chi connectivity index (χ0) is 14.5. The maximum absolute atomic E-state index is 9.24. The molecule has 4 nitrogen and oxygen atoms in total. The first-order valence-electron chi connectivity index (χ1n) is 7.06. The standard InChI is InChI=1S/C15H23N3OS/c1-11(2)8-16-9-13-15(20-12(3)10-19)17-14-6-4-5-7-18(13)14/h4-7,11-12,16,19H,8-10H2,1-3H3. The van der Waals surface area contributed by atoms with Gasteiger partial charge in [0.1, 0.15) is 10.7 Å². The lowest BCUT2D eigenvalue weighted by Gasteiger charge is -2.10. The van der Waals surface area contributed by atoms with E-state index < -0.39 is 0 Å². The first-order valence-corrected chi connectivity index (χ1v) is 7.94. The molecule has 0 aliphatic carbocycles. The van der Waals surface area contributed by atoms with Gasteiger partial charge in [-0.3, -0.25) is 0 Å². The Hall–Kier alpha value is -1.04. The van der Waals surface area contributed by atoms with Gasteiger partial charge in [0.05, 0.1) is 12.3 Å². The zero-order valence-electron chi connectivity index (χ0n) is 12.3. The average Bonchev–Trinajstić information content (AvgIpc) is 2.76. The number of aromatic nitrogens is 2. The van der Waals surface area contributed by atoms with Crippen LogP contribution < -0.4 is 5.32 Å². The monoisotopic (exact) mass is 293 g/mol. The molecule has 2 N–H and O–H groups in total. The van der Waals surface area contributed by atoms with Gasteiger partial charge in [-0.1, -0.05) is 38.6 Å². The number of imidazole rings is 1. The summed E-state index contributed by atoms with van der Waals surface area (Å²) >= 11 is 1.63. The van der Waals surface area contributed by atoms with Crippen LogP contribution in [0.3, 0.4) is 0 Å². The van der Waals surface area contributed by atoms with E-state index in [1.54, 1.807) is 11.8 Å². The minimum absolute atomic E-state index is 0.156. The fourth-order valence-corrected chi connectivity index (χ4v) is 2.90. The van der Waals surface area contributed by atoms with Crippen LogP contribution in [0.25, 0.3) is 5.65 Å². The van der Waals surface area contributed by atoms with Crippen molar-refractivity contribution in [2.45, 2.75) is 37.6 Å². The van der Waals surface area contributed by atoms with Crippen molar-refractivity contribution < 1.29 is 5.11 Å². The van der Waals surface area contributed by atoms with E-state index in [4.69, 9.17) is 0 Å². The molecular formula is C15H23N3OS. The minimum atomic E-state index is 0.156. The highest BCUT2D eigenvalue weighted by atomic mass is 32.2. The van der Waals surface area contributed by atoms with Gasteiger partial charge in [0.25, 0.3) is 0 Å². The predicted octanol–water partition coefficient (Wildman–Crippen LogP) is 2.55. The Morgan fingerprint density at radius 3 is 2.85 bits per heavy atom. The second-order valence-electron chi connectivity index (χ2n) is 5.43. The number of fused-ring (bicyclic) bond motifs is 1. The molecule has 1 atom stereocenters. The normalized spacial score (nSPS) is 13.2. The Morgan fingerprint density at radius 1 is 1.35 bits per heavy atom. The topological polar surface area (TPSA) is 49.6 Å². The lowest BCUT2D eigenvalue weighted by Crippen LogP contribution is -2.20. The minimum Gasteiger partial charge on any atom is -0.395 e. The van der Waals surface area contributed by atoms with Crippen molar-refractivity contribution in [1.29, 1.82) is 0 Å². The van der Waals surface area contributed by atoms with Crippen molar-refractivity contribution in [3.63, 3.8) is 0 Å². The number of nitrogens with one attached hydrogen (secondary N) is 1. The molecule has 0 aliphatic rings. The number of thioether (sulfide) groups is 1. The summed E-state index contributed by atoms with van der Waals surface area (Å²) in [7, 11) is 0. The van der Waals surface area contributed by atoms with E-state index in [9.17, 15) is 5.11 Å². The lowest BCUT2D eigenvalue weighted by molar-refractivity contribution is 0.300. The van der Waals surface area contributed by atoms with E-state index in [1.807, 2.05) is 31.3 Å². The van der Waals surface area contributed by atoms with E-state index in [0.29, 0.717) is 5.92 Å². The molecule has 2 aromatic heterocycles. The third-order valence-electron chi connectivity index (χ3n) is 3.01. The largest absolute Gasteiger partial charge is 0.395 e. The van der Waals surface area contributed by atoms with Gasteiger partial charge in [-0.05, 0) is 24.6 Å². The van der Waals surface area contributed by atoms with Crippen LogP contribution in [0, 0.1) is 5.92 Å². The first kappa shape index (κ1) is 15.4. The molecule has 110 valence electrons. The van der Waals surface area contributed by atoms with E-state index in [-0.39, 0.29) is 11.9 Å². The molecule has 0 amide bonds. The van der Waals surface area contributed by atoms with Gasteiger partial charge in [0.15, 0.2) is 0 Å². The van der Waals surface area contributed by atoms with Crippen molar-refractivity contribution in [3.05, 3.63) is 30.1 Å². The maximum Gasteiger partial charge on any atom is 0.138 e. The van der Waals surface area contributed by atoms with Crippen molar-refractivity contribution in [2.75, 3.05) is 13.2 Å². The molecule has 1 unspecified atom stereocenters. The number of rotatable bonds is 7. The van der Waals surface area contributed by atoms with Crippen LogP contribution in [0.4, 0.5) is 0 Å². The molecule has 0 aliphatic heterocycles. The van der Waals surface area contributed by atoms with Crippen LogP contribution in [0.5, 0.6) is 0 Å². The molecule has 0 spiro atoms. The van der Waals surface area contributed by atoms with Crippen LogP contribution in [0.2, 0.25) is 0 Å². The molecule has 0 radical (unpaired) electrons. The Labute approximate surface area is 124 Å². The first-order chi connectivity index (χ1) is 9.61. The van der Waals surface area contributed by atoms with Crippen LogP contribution in [0.15, 0.2) is 29.4 Å². The van der Waals surface area contributed by atoms with Gasteiger partial charge in [0, 0.05) is 18.0 Å². The highest BCUT2D eigenvalue weighted by Gasteiger charge is 2.14. The maximum atomic E-state index is 9.24. The van der Waals surface area contributed by atoms with Crippen molar-refractivity contribution in [2.24, 2.45) is 5.92 Å². The van der Waals surface area contributed by atoms with Gasteiger partial charge in [-0.15, -0.1) is 0 Å². The second kappa shape index (κ2) is 7.11. The van der Waals surface area contributed by atoms with E-state index >= 15 is 0 Å². The molecule has 0 fully saturated rings. The summed E-state index contributed by atoms with van der Waals surface area (Å²) in [6.45, 7) is 8.36. The van der Waals surface area contributed by atoms with Gasteiger partial charge in [-0.25, -0.2) is 4.98 Å². The molecular weight excluding hydrogens is 270 g/mol. The Morgan fingerprint density at radius 2 is 2.15 bits per heavy atom. The predicted molar refractivity (Wildman–Crippen MR) is 84.1 cm³/mol. The summed E-state index contributed by atoms with van der Waals surface area (Å²) in [5.41, 5.74) is 2.13. The third kappa shape index (κ3) is 3.75.